The Morgan fingerprint density at radius 1 is 0.968 bits per heavy atom. The van der Waals surface area contributed by atoms with Crippen molar-refractivity contribution in [3.63, 3.8) is 0 Å². The SMILES string of the molecule is CCOC(C(=O)OC1CC2C1C(CC)[N+]21CCCC1)(c1ccccc1)c1ccccc1. The van der Waals surface area contributed by atoms with Gasteiger partial charge >= 0.3 is 5.97 Å². The number of benzene rings is 2. The normalized spacial score (nSPS) is 28.5. The molecule has 0 radical (unpaired) electrons. The highest BCUT2D eigenvalue weighted by molar-refractivity contribution is 5.86. The lowest BCUT2D eigenvalue weighted by Crippen LogP contribution is -2.84. The molecule has 0 aromatic heterocycles. The Morgan fingerprint density at radius 3 is 2.06 bits per heavy atom. The number of ether oxygens (including phenoxy) is 2. The van der Waals surface area contributed by atoms with Gasteiger partial charge in [0.15, 0.2) is 0 Å². The standard InChI is InChI=1S/C27H34NO3/c1-3-22-25-23(28(22)17-11-12-18-28)19-24(25)31-26(29)27(30-4-2,20-13-7-5-8-14-20)21-15-9-6-10-16-21/h5-10,13-16,22-25H,3-4,11-12,17-19H2,1-2H3/q+1. The molecule has 164 valence electrons. The van der Waals surface area contributed by atoms with E-state index in [-0.39, 0.29) is 12.1 Å². The first-order valence-electron chi connectivity index (χ1n) is 12.0. The van der Waals surface area contributed by atoms with Crippen LogP contribution < -0.4 is 0 Å². The van der Waals surface area contributed by atoms with Gasteiger partial charge in [0, 0.05) is 25.9 Å². The maximum atomic E-state index is 13.9. The van der Waals surface area contributed by atoms with Crippen LogP contribution in [0.1, 0.15) is 50.7 Å². The molecule has 1 aliphatic carbocycles. The van der Waals surface area contributed by atoms with Crippen LogP contribution in [0.4, 0.5) is 0 Å². The summed E-state index contributed by atoms with van der Waals surface area (Å²) in [5.41, 5.74) is 0.425. The van der Waals surface area contributed by atoms with Crippen LogP contribution in [0.25, 0.3) is 0 Å². The molecule has 4 heteroatoms. The van der Waals surface area contributed by atoms with E-state index in [4.69, 9.17) is 9.47 Å². The summed E-state index contributed by atoms with van der Waals surface area (Å²) in [6, 6.07) is 21.0. The highest BCUT2D eigenvalue weighted by atomic mass is 16.6. The van der Waals surface area contributed by atoms with Crippen molar-refractivity contribution in [1.82, 2.24) is 0 Å². The van der Waals surface area contributed by atoms with Crippen LogP contribution in [0.2, 0.25) is 0 Å². The fraction of sp³-hybridized carbons (Fsp3) is 0.519. The fourth-order valence-corrected chi connectivity index (χ4v) is 6.91. The van der Waals surface area contributed by atoms with Gasteiger partial charge in [-0.05, 0) is 24.5 Å². The zero-order valence-corrected chi connectivity index (χ0v) is 18.7. The summed E-state index contributed by atoms with van der Waals surface area (Å²) in [5, 5.41) is 0. The van der Waals surface area contributed by atoms with Gasteiger partial charge in [-0.15, -0.1) is 0 Å². The van der Waals surface area contributed by atoms with Gasteiger partial charge in [0.05, 0.1) is 13.1 Å². The molecular formula is C27H34NO3+. The number of rotatable bonds is 7. The Hall–Kier alpha value is -2.17. The lowest BCUT2D eigenvalue weighted by Gasteiger charge is -2.68. The van der Waals surface area contributed by atoms with Crippen molar-refractivity contribution in [2.75, 3.05) is 19.7 Å². The molecule has 0 N–H and O–H groups in total. The average molecular weight is 421 g/mol. The molecular weight excluding hydrogens is 386 g/mol. The largest absolute Gasteiger partial charge is 0.459 e. The summed E-state index contributed by atoms with van der Waals surface area (Å²) >= 11 is 0. The number of quaternary nitrogens is 1. The summed E-state index contributed by atoms with van der Waals surface area (Å²) in [6.45, 7) is 7.30. The van der Waals surface area contributed by atoms with E-state index in [9.17, 15) is 4.79 Å². The first kappa shape index (κ1) is 20.7. The number of fused-ring (bicyclic) bond motifs is 2. The summed E-state index contributed by atoms with van der Waals surface area (Å²) in [6.07, 6.45) is 4.88. The molecule has 2 saturated heterocycles. The second-order valence-corrected chi connectivity index (χ2v) is 9.40. The van der Waals surface area contributed by atoms with Gasteiger partial charge in [0.25, 0.3) is 0 Å². The molecule has 4 nitrogen and oxygen atoms in total. The van der Waals surface area contributed by atoms with Gasteiger partial charge in [-0.3, -0.25) is 0 Å². The quantitative estimate of drug-likeness (QED) is 0.482. The number of nitrogens with zero attached hydrogens (tertiary/aromatic N) is 1. The smallest absolute Gasteiger partial charge is 0.348 e. The highest BCUT2D eigenvalue weighted by Crippen LogP contribution is 2.57. The number of carbonyl (C=O) groups excluding carboxylic acids is 1. The first-order chi connectivity index (χ1) is 15.2. The molecule has 1 saturated carbocycles. The second kappa shape index (κ2) is 8.07. The Morgan fingerprint density at radius 2 is 1.55 bits per heavy atom. The number of carbonyl (C=O) groups is 1. The number of piperidine rings is 1. The van der Waals surface area contributed by atoms with Crippen LogP contribution in [0, 0.1) is 5.92 Å². The molecule has 31 heavy (non-hydrogen) atoms. The molecule has 2 aromatic rings. The Balaban J connectivity index is 1.44. The van der Waals surface area contributed by atoms with Crippen LogP contribution >= 0.6 is 0 Å². The molecule has 2 aliphatic heterocycles. The summed E-state index contributed by atoms with van der Waals surface area (Å²) in [7, 11) is 0. The number of hydrogen-bond donors (Lipinski definition) is 0. The lowest BCUT2D eigenvalue weighted by atomic mass is 9.60. The third-order valence-electron chi connectivity index (χ3n) is 8.20. The number of hydrogen-bond acceptors (Lipinski definition) is 3. The van der Waals surface area contributed by atoms with Crippen molar-refractivity contribution in [1.29, 1.82) is 0 Å². The van der Waals surface area contributed by atoms with E-state index in [0.29, 0.717) is 24.6 Å². The summed E-state index contributed by atoms with van der Waals surface area (Å²) in [5.74, 6) is 0.239. The predicted molar refractivity (Wildman–Crippen MR) is 120 cm³/mol. The van der Waals surface area contributed by atoms with Crippen LogP contribution in [0.15, 0.2) is 60.7 Å². The molecule has 5 rings (SSSR count). The van der Waals surface area contributed by atoms with Gasteiger partial charge in [0.1, 0.15) is 24.1 Å². The van der Waals surface area contributed by atoms with Crippen LogP contribution in [0.3, 0.4) is 0 Å². The van der Waals surface area contributed by atoms with E-state index in [1.807, 2.05) is 67.6 Å². The minimum atomic E-state index is -1.23. The van der Waals surface area contributed by atoms with Crippen molar-refractivity contribution < 1.29 is 18.8 Å². The van der Waals surface area contributed by atoms with Gasteiger partial charge in [-0.2, -0.15) is 0 Å². The zero-order chi connectivity index (χ0) is 21.5. The first-order valence-corrected chi connectivity index (χ1v) is 12.0. The monoisotopic (exact) mass is 420 g/mol. The molecule has 3 fully saturated rings. The topological polar surface area (TPSA) is 35.5 Å². The Labute approximate surface area is 185 Å². The third-order valence-corrected chi connectivity index (χ3v) is 8.20. The number of esters is 1. The lowest BCUT2D eigenvalue weighted by molar-refractivity contribution is -1.03. The van der Waals surface area contributed by atoms with Gasteiger partial charge < -0.3 is 14.0 Å². The maximum Gasteiger partial charge on any atom is 0.348 e. The molecule has 2 heterocycles. The van der Waals surface area contributed by atoms with Gasteiger partial charge in [-0.1, -0.05) is 67.6 Å². The van der Waals surface area contributed by atoms with E-state index < -0.39 is 5.60 Å². The minimum Gasteiger partial charge on any atom is -0.459 e. The van der Waals surface area contributed by atoms with E-state index in [2.05, 4.69) is 6.92 Å². The van der Waals surface area contributed by atoms with Crippen LogP contribution in [-0.4, -0.2) is 48.3 Å². The van der Waals surface area contributed by atoms with Crippen LogP contribution in [-0.2, 0) is 19.9 Å². The van der Waals surface area contributed by atoms with E-state index in [1.165, 1.54) is 36.8 Å². The summed E-state index contributed by atoms with van der Waals surface area (Å²) in [4.78, 5) is 13.9. The zero-order valence-electron chi connectivity index (χ0n) is 18.7. The van der Waals surface area contributed by atoms with Gasteiger partial charge in [0.2, 0.25) is 5.60 Å². The minimum absolute atomic E-state index is 0.0130. The highest BCUT2D eigenvalue weighted by Gasteiger charge is 2.72. The molecule has 4 atom stereocenters. The fourth-order valence-electron chi connectivity index (χ4n) is 6.91. The molecule has 0 amide bonds. The van der Waals surface area contributed by atoms with E-state index >= 15 is 0 Å². The van der Waals surface area contributed by atoms with Crippen molar-refractivity contribution in [2.45, 2.75) is 63.3 Å². The second-order valence-electron chi connectivity index (χ2n) is 9.40. The van der Waals surface area contributed by atoms with Crippen molar-refractivity contribution in [2.24, 2.45) is 5.92 Å². The third kappa shape index (κ3) is 2.99. The molecule has 0 bridgehead atoms. The van der Waals surface area contributed by atoms with Crippen molar-refractivity contribution in [3.8, 4) is 0 Å². The average Bonchev–Trinajstić information content (AvgIpc) is 3.30. The molecule has 1 spiro atoms. The van der Waals surface area contributed by atoms with E-state index in [1.54, 1.807) is 0 Å². The maximum absolute atomic E-state index is 13.9. The van der Waals surface area contributed by atoms with E-state index in [0.717, 1.165) is 17.5 Å². The van der Waals surface area contributed by atoms with Gasteiger partial charge in [-0.25, -0.2) is 4.79 Å². The predicted octanol–water partition coefficient (Wildman–Crippen LogP) is 4.67. The van der Waals surface area contributed by atoms with Crippen molar-refractivity contribution >= 4 is 5.97 Å². The summed E-state index contributed by atoms with van der Waals surface area (Å²) < 4.78 is 13.9. The Kier molecular flexibility index (Phi) is 5.39. The molecule has 4 unspecified atom stereocenters. The molecule has 3 aliphatic rings. The molecule has 2 aromatic carbocycles. The van der Waals surface area contributed by atoms with Crippen molar-refractivity contribution in [3.05, 3.63) is 71.8 Å². The van der Waals surface area contributed by atoms with Crippen LogP contribution in [0.5, 0.6) is 0 Å². The Bertz CT molecular complexity index is 867.